The van der Waals surface area contributed by atoms with Crippen LogP contribution in [0.3, 0.4) is 0 Å². The Morgan fingerprint density at radius 2 is 2.57 bits per heavy atom. The molecule has 0 aliphatic heterocycles. The van der Waals surface area contributed by atoms with Crippen molar-refractivity contribution in [3.63, 3.8) is 0 Å². The maximum absolute atomic E-state index is 11.9. The summed E-state index contributed by atoms with van der Waals surface area (Å²) in [5.41, 5.74) is 0.486. The van der Waals surface area contributed by atoms with Crippen molar-refractivity contribution in [1.29, 1.82) is 0 Å². The van der Waals surface area contributed by atoms with Crippen LogP contribution in [0.5, 0.6) is 0 Å². The second kappa shape index (κ2) is 1.33. The number of aromatic amines is 1. The van der Waals surface area contributed by atoms with E-state index in [0.717, 1.165) is 0 Å². The summed E-state index contributed by atoms with van der Waals surface area (Å²) in [5.74, 6) is -0.417. The monoisotopic (exact) mass is 100 g/mol. The summed E-state index contributed by atoms with van der Waals surface area (Å²) in [4.78, 5) is 5.88. The van der Waals surface area contributed by atoms with Gasteiger partial charge >= 0.3 is 0 Å². The molecular weight excluding hydrogens is 95.1 g/mol. The topological polar surface area (TPSA) is 28.7 Å². The van der Waals surface area contributed by atoms with E-state index >= 15 is 0 Å². The second-order valence-corrected chi connectivity index (χ2v) is 1.32. The Labute approximate surface area is 40.4 Å². The summed E-state index contributed by atoms with van der Waals surface area (Å²) in [6, 6.07) is 0. The zero-order chi connectivity index (χ0) is 5.28. The number of nitrogens with one attached hydrogen (secondary N) is 1. The third kappa shape index (κ3) is 0.607. The Hall–Kier alpha value is -0.860. The maximum atomic E-state index is 11.9. The van der Waals surface area contributed by atoms with E-state index in [4.69, 9.17) is 0 Å². The number of hydrogen-bond donors (Lipinski definition) is 1. The third-order valence-electron chi connectivity index (χ3n) is 0.768. The molecule has 3 heteroatoms. The molecule has 1 aromatic rings. The zero-order valence-corrected chi connectivity index (χ0v) is 3.90. The Morgan fingerprint density at radius 3 is 2.71 bits per heavy atom. The Morgan fingerprint density at radius 1 is 1.86 bits per heavy atom. The maximum Gasteiger partial charge on any atom is 0.233 e. The molecular formula is C4H5FN2. The Bertz CT molecular complexity index is 142. The van der Waals surface area contributed by atoms with Crippen LogP contribution in [-0.2, 0) is 0 Å². The van der Waals surface area contributed by atoms with Crippen LogP contribution in [0.15, 0.2) is 6.33 Å². The molecule has 7 heavy (non-hydrogen) atoms. The summed E-state index contributed by atoms with van der Waals surface area (Å²) in [5, 5.41) is 0. The first-order valence-corrected chi connectivity index (χ1v) is 1.96. The van der Waals surface area contributed by atoms with Crippen LogP contribution >= 0.6 is 0 Å². The summed E-state index contributed by atoms with van der Waals surface area (Å²) >= 11 is 0. The summed E-state index contributed by atoms with van der Waals surface area (Å²) < 4.78 is 11.9. The molecule has 0 bridgehead atoms. The lowest BCUT2D eigenvalue weighted by Gasteiger charge is -1.74. The van der Waals surface area contributed by atoms with Crippen molar-refractivity contribution in [2.45, 2.75) is 6.92 Å². The minimum Gasteiger partial charge on any atom is -0.346 e. The molecule has 1 rings (SSSR count). The Kier molecular flexibility index (Phi) is 0.817. The number of halogens is 1. The van der Waals surface area contributed by atoms with Gasteiger partial charge < -0.3 is 4.98 Å². The van der Waals surface area contributed by atoms with Crippen LogP contribution in [0.2, 0.25) is 0 Å². The van der Waals surface area contributed by atoms with Crippen molar-refractivity contribution in [1.82, 2.24) is 9.97 Å². The minimum atomic E-state index is -0.417. The number of hydrogen-bond acceptors (Lipinski definition) is 1. The van der Waals surface area contributed by atoms with Gasteiger partial charge in [-0.05, 0) is 6.92 Å². The van der Waals surface area contributed by atoms with Crippen molar-refractivity contribution in [2.75, 3.05) is 0 Å². The van der Waals surface area contributed by atoms with Gasteiger partial charge in [0.1, 0.15) is 0 Å². The number of nitrogens with zero attached hydrogens (tertiary/aromatic N) is 1. The van der Waals surface area contributed by atoms with Crippen molar-refractivity contribution in [3.8, 4) is 0 Å². The molecule has 1 aromatic heterocycles. The second-order valence-electron chi connectivity index (χ2n) is 1.32. The van der Waals surface area contributed by atoms with E-state index in [9.17, 15) is 4.39 Å². The molecule has 0 fully saturated rings. The lowest BCUT2D eigenvalue weighted by molar-refractivity contribution is 0.582. The third-order valence-corrected chi connectivity index (χ3v) is 0.768. The van der Waals surface area contributed by atoms with E-state index in [2.05, 4.69) is 9.97 Å². The quantitative estimate of drug-likeness (QED) is 0.514. The molecule has 1 N–H and O–H groups in total. The molecule has 0 unspecified atom stereocenters. The van der Waals surface area contributed by atoms with E-state index < -0.39 is 5.95 Å². The first-order valence-electron chi connectivity index (χ1n) is 1.96. The van der Waals surface area contributed by atoms with Gasteiger partial charge in [-0.15, -0.1) is 0 Å². The van der Waals surface area contributed by atoms with E-state index in [1.54, 1.807) is 6.92 Å². The van der Waals surface area contributed by atoms with Crippen LogP contribution in [0, 0.1) is 12.9 Å². The van der Waals surface area contributed by atoms with Gasteiger partial charge in [0, 0.05) is 0 Å². The lowest BCUT2D eigenvalue weighted by Crippen LogP contribution is -1.73. The lowest BCUT2D eigenvalue weighted by atomic mass is 10.6. The van der Waals surface area contributed by atoms with Gasteiger partial charge in [-0.1, -0.05) is 0 Å². The van der Waals surface area contributed by atoms with Crippen LogP contribution in [0.1, 0.15) is 5.69 Å². The van der Waals surface area contributed by atoms with Crippen LogP contribution in [-0.4, -0.2) is 9.97 Å². The fourth-order valence-electron chi connectivity index (χ4n) is 0.342. The molecule has 0 aliphatic carbocycles. The molecule has 0 atom stereocenters. The molecule has 0 aliphatic rings. The van der Waals surface area contributed by atoms with Gasteiger partial charge in [-0.2, -0.15) is 4.39 Å². The molecule has 2 nitrogen and oxygen atoms in total. The standard InChI is InChI=1S/C4H5FN2/c1-3-4(5)7-2-6-3/h2H,1H3,(H,6,7). The molecule has 38 valence electrons. The predicted octanol–water partition coefficient (Wildman–Crippen LogP) is 0.857. The van der Waals surface area contributed by atoms with E-state index in [1.807, 2.05) is 0 Å². The molecule has 0 spiro atoms. The van der Waals surface area contributed by atoms with Gasteiger partial charge in [0.25, 0.3) is 0 Å². The molecule has 0 saturated heterocycles. The molecule has 0 saturated carbocycles. The van der Waals surface area contributed by atoms with E-state index in [1.165, 1.54) is 6.33 Å². The van der Waals surface area contributed by atoms with Gasteiger partial charge in [-0.25, -0.2) is 4.98 Å². The van der Waals surface area contributed by atoms with Crippen molar-refractivity contribution >= 4 is 0 Å². The fourth-order valence-corrected chi connectivity index (χ4v) is 0.342. The average molecular weight is 100 g/mol. The highest BCUT2D eigenvalue weighted by molar-refractivity contribution is 4.92. The van der Waals surface area contributed by atoms with E-state index in [-0.39, 0.29) is 0 Å². The number of rotatable bonds is 0. The SMILES string of the molecule is Cc1[nH]cnc1F. The number of H-pyrrole nitrogens is 1. The molecule has 0 amide bonds. The van der Waals surface area contributed by atoms with Crippen molar-refractivity contribution in [3.05, 3.63) is 18.0 Å². The fraction of sp³-hybridized carbons (Fsp3) is 0.250. The predicted molar refractivity (Wildman–Crippen MR) is 23.3 cm³/mol. The molecule has 0 aromatic carbocycles. The van der Waals surface area contributed by atoms with Crippen molar-refractivity contribution < 1.29 is 4.39 Å². The Balaban J connectivity index is 3.12. The van der Waals surface area contributed by atoms with Crippen LogP contribution < -0.4 is 0 Å². The summed E-state index contributed by atoms with van der Waals surface area (Å²) in [7, 11) is 0. The first-order chi connectivity index (χ1) is 3.30. The van der Waals surface area contributed by atoms with Crippen LogP contribution in [0.4, 0.5) is 4.39 Å². The number of imidazole rings is 1. The zero-order valence-electron chi connectivity index (χ0n) is 3.90. The number of aryl methyl sites for hydroxylation is 1. The number of aromatic nitrogens is 2. The smallest absolute Gasteiger partial charge is 0.233 e. The van der Waals surface area contributed by atoms with Gasteiger partial charge in [0.15, 0.2) is 0 Å². The summed E-state index contributed by atoms with van der Waals surface area (Å²) in [6.45, 7) is 1.63. The van der Waals surface area contributed by atoms with Gasteiger partial charge in [-0.3, -0.25) is 0 Å². The first kappa shape index (κ1) is 4.30. The molecule has 0 radical (unpaired) electrons. The molecule has 1 heterocycles. The minimum absolute atomic E-state index is 0.417. The van der Waals surface area contributed by atoms with Crippen LogP contribution in [0.25, 0.3) is 0 Å². The highest BCUT2D eigenvalue weighted by Crippen LogP contribution is 1.93. The van der Waals surface area contributed by atoms with E-state index in [0.29, 0.717) is 5.69 Å². The largest absolute Gasteiger partial charge is 0.346 e. The van der Waals surface area contributed by atoms with Gasteiger partial charge in [0.2, 0.25) is 5.95 Å². The average Bonchev–Trinajstić information content (AvgIpc) is 1.91. The summed E-state index contributed by atoms with van der Waals surface area (Å²) in [6.07, 6.45) is 1.32. The highest BCUT2D eigenvalue weighted by atomic mass is 19.1. The normalized spacial score (nSPS) is 9.43. The van der Waals surface area contributed by atoms with Crippen molar-refractivity contribution in [2.24, 2.45) is 0 Å². The highest BCUT2D eigenvalue weighted by Gasteiger charge is 1.92. The van der Waals surface area contributed by atoms with Gasteiger partial charge in [0.05, 0.1) is 12.0 Å².